The third-order valence-electron chi connectivity index (χ3n) is 4.98. The zero-order chi connectivity index (χ0) is 20.8. The Hall–Kier alpha value is -3.15. The van der Waals surface area contributed by atoms with E-state index in [4.69, 9.17) is 4.74 Å². The van der Waals surface area contributed by atoms with Crippen LogP contribution in [0.1, 0.15) is 42.6 Å². The third-order valence-corrected chi connectivity index (χ3v) is 4.98. The summed E-state index contributed by atoms with van der Waals surface area (Å²) in [5.41, 5.74) is 3.04. The molecule has 1 aliphatic heterocycles. The summed E-state index contributed by atoms with van der Waals surface area (Å²) in [4.78, 5) is 38.5. The van der Waals surface area contributed by atoms with Crippen LogP contribution in [0.2, 0.25) is 0 Å². The minimum Gasteiger partial charge on any atom is -0.462 e. The maximum atomic E-state index is 12.6. The molecule has 29 heavy (non-hydrogen) atoms. The highest BCUT2D eigenvalue weighted by Crippen LogP contribution is 2.26. The lowest BCUT2D eigenvalue weighted by molar-refractivity contribution is -0.122. The van der Waals surface area contributed by atoms with E-state index in [0.717, 1.165) is 18.5 Å². The van der Waals surface area contributed by atoms with Crippen molar-refractivity contribution in [2.24, 2.45) is 5.92 Å². The highest BCUT2D eigenvalue weighted by atomic mass is 16.5. The fraction of sp³-hybridized carbons (Fsp3) is 0.348. The van der Waals surface area contributed by atoms with Crippen molar-refractivity contribution in [3.8, 4) is 0 Å². The van der Waals surface area contributed by atoms with Crippen LogP contribution in [0.25, 0.3) is 0 Å². The van der Waals surface area contributed by atoms with Crippen molar-refractivity contribution in [3.05, 3.63) is 59.7 Å². The second kappa shape index (κ2) is 9.37. The lowest BCUT2D eigenvalue weighted by Crippen LogP contribution is -2.28. The van der Waals surface area contributed by atoms with Crippen molar-refractivity contribution in [2.45, 2.75) is 33.1 Å². The Kier molecular flexibility index (Phi) is 6.65. The van der Waals surface area contributed by atoms with E-state index in [1.54, 1.807) is 29.2 Å². The van der Waals surface area contributed by atoms with Crippen molar-refractivity contribution in [2.75, 3.05) is 23.4 Å². The summed E-state index contributed by atoms with van der Waals surface area (Å²) in [6.07, 6.45) is 1.89. The molecule has 6 nitrogen and oxygen atoms in total. The molecule has 2 aromatic carbocycles. The highest BCUT2D eigenvalue weighted by molar-refractivity contribution is 6.03. The van der Waals surface area contributed by atoms with E-state index in [9.17, 15) is 14.4 Å². The van der Waals surface area contributed by atoms with Gasteiger partial charge in [0.05, 0.1) is 18.1 Å². The standard InChI is InChI=1S/C23H26N2O4/c1-3-13-29-23(28)17-7-9-19(10-8-17)24-22(27)18-14-21(26)25(15-18)20-11-5-16(4-2)6-12-20/h5-12,18H,3-4,13-15H2,1-2H3,(H,24,27)/t18-/m0/s1. The fourth-order valence-electron chi connectivity index (χ4n) is 3.26. The Morgan fingerprint density at radius 2 is 1.76 bits per heavy atom. The highest BCUT2D eigenvalue weighted by Gasteiger charge is 2.35. The van der Waals surface area contributed by atoms with Gasteiger partial charge in [-0.15, -0.1) is 0 Å². The molecule has 0 aliphatic carbocycles. The van der Waals surface area contributed by atoms with Gasteiger partial charge in [0.25, 0.3) is 0 Å². The molecule has 6 heteroatoms. The number of aryl methyl sites for hydroxylation is 1. The fourth-order valence-corrected chi connectivity index (χ4v) is 3.26. The van der Waals surface area contributed by atoms with Crippen LogP contribution in [0.15, 0.2) is 48.5 Å². The minimum atomic E-state index is -0.414. The number of esters is 1. The van der Waals surface area contributed by atoms with Gasteiger partial charge in [-0.2, -0.15) is 0 Å². The van der Waals surface area contributed by atoms with Gasteiger partial charge < -0.3 is 15.0 Å². The number of carbonyl (C=O) groups excluding carboxylic acids is 3. The molecule has 1 aliphatic rings. The van der Waals surface area contributed by atoms with Crippen molar-refractivity contribution < 1.29 is 19.1 Å². The van der Waals surface area contributed by atoms with E-state index in [2.05, 4.69) is 12.2 Å². The number of nitrogens with one attached hydrogen (secondary N) is 1. The first-order valence-corrected chi connectivity index (χ1v) is 9.99. The molecule has 0 saturated carbocycles. The molecule has 0 spiro atoms. The zero-order valence-electron chi connectivity index (χ0n) is 16.8. The van der Waals surface area contributed by atoms with Crippen molar-refractivity contribution in [3.63, 3.8) is 0 Å². The van der Waals surface area contributed by atoms with E-state index >= 15 is 0 Å². The minimum absolute atomic E-state index is 0.0524. The van der Waals surface area contributed by atoms with Crippen LogP contribution in [0.4, 0.5) is 11.4 Å². The lowest BCUT2D eigenvalue weighted by Gasteiger charge is -2.17. The number of amides is 2. The summed E-state index contributed by atoms with van der Waals surface area (Å²) in [5, 5.41) is 2.83. The van der Waals surface area contributed by atoms with Crippen LogP contribution in [0, 0.1) is 5.92 Å². The quantitative estimate of drug-likeness (QED) is 0.725. The summed E-state index contributed by atoms with van der Waals surface area (Å²) in [7, 11) is 0. The molecule has 1 fully saturated rings. The molecule has 2 amide bonds. The number of benzene rings is 2. The van der Waals surface area contributed by atoms with Gasteiger partial charge in [0.15, 0.2) is 0 Å². The molecule has 1 heterocycles. The van der Waals surface area contributed by atoms with E-state index in [0.29, 0.717) is 24.4 Å². The number of nitrogens with zero attached hydrogens (tertiary/aromatic N) is 1. The smallest absolute Gasteiger partial charge is 0.338 e. The third kappa shape index (κ3) is 5.02. The van der Waals surface area contributed by atoms with E-state index in [-0.39, 0.29) is 24.2 Å². The molecular weight excluding hydrogens is 368 g/mol. The molecule has 1 N–H and O–H groups in total. The topological polar surface area (TPSA) is 75.7 Å². The molecule has 0 bridgehead atoms. The molecule has 1 saturated heterocycles. The van der Waals surface area contributed by atoms with E-state index < -0.39 is 5.92 Å². The van der Waals surface area contributed by atoms with Gasteiger partial charge in [0.1, 0.15) is 0 Å². The normalized spacial score (nSPS) is 16.0. The van der Waals surface area contributed by atoms with Crippen LogP contribution >= 0.6 is 0 Å². The molecular formula is C23H26N2O4. The number of hydrogen-bond acceptors (Lipinski definition) is 4. The Morgan fingerprint density at radius 1 is 1.07 bits per heavy atom. The van der Waals surface area contributed by atoms with Crippen molar-refractivity contribution in [1.29, 1.82) is 0 Å². The van der Waals surface area contributed by atoms with Crippen molar-refractivity contribution in [1.82, 2.24) is 0 Å². The Labute approximate surface area is 170 Å². The molecule has 0 unspecified atom stereocenters. The van der Waals surface area contributed by atoms with Gasteiger partial charge in [-0.3, -0.25) is 9.59 Å². The predicted octanol–water partition coefficient (Wildman–Crippen LogP) is 3.81. The molecule has 0 radical (unpaired) electrons. The number of anilines is 2. The van der Waals surface area contributed by atoms with Gasteiger partial charge in [-0.25, -0.2) is 4.79 Å². The average Bonchev–Trinajstić information content (AvgIpc) is 3.14. The molecule has 1 atom stereocenters. The number of carbonyl (C=O) groups is 3. The van der Waals surface area contributed by atoms with Gasteiger partial charge in [-0.1, -0.05) is 26.0 Å². The first kappa shape index (κ1) is 20.6. The molecule has 3 rings (SSSR count). The van der Waals surface area contributed by atoms with Crippen LogP contribution in [-0.2, 0) is 20.7 Å². The number of rotatable bonds is 7. The number of ether oxygens (including phenoxy) is 1. The second-order valence-electron chi connectivity index (χ2n) is 7.13. The number of hydrogen-bond donors (Lipinski definition) is 1. The van der Waals surface area contributed by atoms with Crippen LogP contribution in [-0.4, -0.2) is 30.9 Å². The Morgan fingerprint density at radius 3 is 2.38 bits per heavy atom. The summed E-state index contributed by atoms with van der Waals surface area (Å²) in [6.45, 7) is 4.75. The largest absolute Gasteiger partial charge is 0.462 e. The molecule has 152 valence electrons. The maximum absolute atomic E-state index is 12.6. The maximum Gasteiger partial charge on any atom is 0.338 e. The van der Waals surface area contributed by atoms with Gasteiger partial charge in [0, 0.05) is 24.3 Å². The van der Waals surface area contributed by atoms with E-state index in [1.165, 1.54) is 5.56 Å². The van der Waals surface area contributed by atoms with Crippen LogP contribution in [0.3, 0.4) is 0 Å². The SMILES string of the molecule is CCCOC(=O)c1ccc(NC(=O)[C@H]2CC(=O)N(c3ccc(CC)cc3)C2)cc1. The first-order chi connectivity index (χ1) is 14.0. The average molecular weight is 394 g/mol. The molecule has 0 aromatic heterocycles. The Balaban J connectivity index is 1.59. The van der Waals surface area contributed by atoms with Crippen molar-refractivity contribution >= 4 is 29.2 Å². The summed E-state index contributed by atoms with van der Waals surface area (Å²) < 4.78 is 5.09. The summed E-state index contributed by atoms with van der Waals surface area (Å²) in [5.74, 6) is -1.05. The summed E-state index contributed by atoms with van der Waals surface area (Å²) in [6, 6.07) is 14.4. The van der Waals surface area contributed by atoms with Gasteiger partial charge in [-0.05, 0) is 54.8 Å². The monoisotopic (exact) mass is 394 g/mol. The second-order valence-corrected chi connectivity index (χ2v) is 7.13. The van der Waals surface area contributed by atoms with Crippen LogP contribution < -0.4 is 10.2 Å². The first-order valence-electron chi connectivity index (χ1n) is 9.99. The van der Waals surface area contributed by atoms with Gasteiger partial charge in [0.2, 0.25) is 11.8 Å². The van der Waals surface area contributed by atoms with Gasteiger partial charge >= 0.3 is 5.97 Å². The van der Waals surface area contributed by atoms with Crippen LogP contribution in [0.5, 0.6) is 0 Å². The lowest BCUT2D eigenvalue weighted by atomic mass is 10.1. The predicted molar refractivity (Wildman–Crippen MR) is 112 cm³/mol. The Bertz CT molecular complexity index is 875. The zero-order valence-corrected chi connectivity index (χ0v) is 16.8. The summed E-state index contributed by atoms with van der Waals surface area (Å²) >= 11 is 0. The van der Waals surface area contributed by atoms with E-state index in [1.807, 2.05) is 31.2 Å². The molecule has 2 aromatic rings.